The summed E-state index contributed by atoms with van der Waals surface area (Å²) in [5.41, 5.74) is 25.0. The van der Waals surface area contributed by atoms with Gasteiger partial charge in [-0.1, -0.05) is 202 Å². The van der Waals surface area contributed by atoms with Crippen molar-refractivity contribution in [1.82, 2.24) is 28.7 Å². The van der Waals surface area contributed by atoms with Crippen LogP contribution in [-0.2, 0) is 21.7 Å². The summed E-state index contributed by atoms with van der Waals surface area (Å²) in [6.45, 7) is 36.5. The van der Waals surface area contributed by atoms with Crippen molar-refractivity contribution in [1.29, 1.82) is 0 Å². The molecule has 0 fully saturated rings. The van der Waals surface area contributed by atoms with Gasteiger partial charge in [0.05, 0.1) is 44.5 Å². The highest BCUT2D eigenvalue weighted by Crippen LogP contribution is 2.44. The molecule has 0 aliphatic heterocycles. The second-order valence-corrected chi connectivity index (χ2v) is 29.5. The maximum Gasteiger partial charge on any atom is 0.238 e. The molecule has 14 rings (SSSR count). The van der Waals surface area contributed by atoms with E-state index in [0.29, 0.717) is 17.6 Å². The number of benzene rings is 10. The van der Waals surface area contributed by atoms with Crippen LogP contribution < -0.4 is 0 Å². The van der Waals surface area contributed by atoms with Gasteiger partial charge in [0.1, 0.15) is 0 Å². The zero-order valence-corrected chi connectivity index (χ0v) is 54.7. The van der Waals surface area contributed by atoms with Crippen molar-refractivity contribution in [2.45, 2.75) is 132 Å². The standard InChI is InChI=1S/C83H80N6/c1-49-25-31-71-63(37-49)64-38-50(2)26-32-72(64)87(71)69-23-19-17-21-61(69)77-84-78(62-22-18-20-24-70(62)88-73-33-27-51(3)39-65(73)66-40-52(4)28-34-74(66)88)86-79(85-77)89-75-35-29-53(55-41-57(80(5,6)7)47-58(42-55)81(8,9)10)45-67(75)68-46-54(30-36-76(68)89)56-43-59(82(11,12)13)48-60(44-56)83(14,15)16/h17-48H,1-16H3. The Hall–Kier alpha value is -9.39. The van der Waals surface area contributed by atoms with Crippen LogP contribution in [0.25, 0.3) is 128 Å². The van der Waals surface area contributed by atoms with E-state index in [4.69, 9.17) is 15.0 Å². The molecule has 10 aromatic carbocycles. The van der Waals surface area contributed by atoms with Crippen molar-refractivity contribution in [3.05, 3.63) is 239 Å². The van der Waals surface area contributed by atoms with Crippen molar-refractivity contribution in [3.8, 4) is 62.4 Å². The Morgan fingerprint density at radius 1 is 0.258 bits per heavy atom. The maximum absolute atomic E-state index is 5.78. The van der Waals surface area contributed by atoms with Crippen LogP contribution in [0.1, 0.15) is 128 Å². The van der Waals surface area contributed by atoms with Gasteiger partial charge >= 0.3 is 0 Å². The molecule has 14 aromatic rings. The van der Waals surface area contributed by atoms with E-state index in [0.717, 1.165) is 77.5 Å². The van der Waals surface area contributed by atoms with Gasteiger partial charge in [0.2, 0.25) is 5.95 Å². The molecule has 0 bridgehead atoms. The largest absolute Gasteiger partial charge is 0.309 e. The molecule has 0 radical (unpaired) electrons. The molecule has 4 heterocycles. The molecule has 4 aromatic heterocycles. The molecule has 0 amide bonds. The Morgan fingerprint density at radius 3 is 0.854 bits per heavy atom. The van der Waals surface area contributed by atoms with Crippen molar-refractivity contribution in [2.75, 3.05) is 0 Å². The summed E-state index contributed by atoms with van der Waals surface area (Å²) in [5, 5.41) is 7.09. The summed E-state index contributed by atoms with van der Waals surface area (Å²) in [5.74, 6) is 1.68. The molecule has 0 saturated heterocycles. The van der Waals surface area contributed by atoms with Crippen LogP contribution in [0.15, 0.2) is 194 Å². The lowest BCUT2D eigenvalue weighted by atomic mass is 9.78. The molecule has 89 heavy (non-hydrogen) atoms. The maximum atomic E-state index is 5.78. The summed E-state index contributed by atoms with van der Waals surface area (Å²) in [4.78, 5) is 17.3. The molecule has 0 unspecified atom stereocenters. The van der Waals surface area contributed by atoms with Crippen LogP contribution in [0.5, 0.6) is 0 Å². The van der Waals surface area contributed by atoms with E-state index in [-0.39, 0.29) is 21.7 Å². The van der Waals surface area contributed by atoms with Gasteiger partial charge in [-0.15, -0.1) is 0 Å². The highest BCUT2D eigenvalue weighted by atomic mass is 15.2. The lowest BCUT2D eigenvalue weighted by Crippen LogP contribution is -2.16. The fraction of sp³-hybridized carbons (Fsp3) is 0.241. The van der Waals surface area contributed by atoms with E-state index in [1.54, 1.807) is 0 Å². The van der Waals surface area contributed by atoms with Crippen molar-refractivity contribution < 1.29 is 0 Å². The van der Waals surface area contributed by atoms with Crippen molar-refractivity contribution in [3.63, 3.8) is 0 Å². The van der Waals surface area contributed by atoms with E-state index < -0.39 is 0 Å². The molecule has 0 atom stereocenters. The number of hydrogen-bond donors (Lipinski definition) is 0. The Balaban J connectivity index is 1.08. The molecule has 6 nitrogen and oxygen atoms in total. The Kier molecular flexibility index (Phi) is 13.3. The van der Waals surface area contributed by atoms with Gasteiger partial charge in [-0.05, 0) is 191 Å². The molecule has 0 aliphatic carbocycles. The number of para-hydroxylation sites is 2. The van der Waals surface area contributed by atoms with E-state index in [1.165, 1.54) is 77.2 Å². The second kappa shape index (κ2) is 20.6. The normalized spacial score (nSPS) is 12.7. The van der Waals surface area contributed by atoms with Gasteiger partial charge in [-0.3, -0.25) is 4.57 Å². The zero-order valence-electron chi connectivity index (χ0n) is 54.7. The monoisotopic (exact) mass is 1160 g/mol. The third-order valence-corrected chi connectivity index (χ3v) is 18.5. The minimum Gasteiger partial charge on any atom is -0.309 e. The zero-order chi connectivity index (χ0) is 62.4. The Morgan fingerprint density at radius 2 is 0.539 bits per heavy atom. The lowest BCUT2D eigenvalue weighted by Gasteiger charge is -2.26. The molecule has 0 spiro atoms. The van der Waals surface area contributed by atoms with Crippen molar-refractivity contribution >= 4 is 65.4 Å². The van der Waals surface area contributed by atoms with Crippen LogP contribution in [0.4, 0.5) is 0 Å². The minimum atomic E-state index is -0.0524. The predicted octanol–water partition coefficient (Wildman–Crippen LogP) is 22.3. The average Bonchev–Trinajstić information content (AvgIpc) is 1.67. The van der Waals surface area contributed by atoms with Gasteiger partial charge in [0.15, 0.2) is 11.6 Å². The summed E-state index contributed by atoms with van der Waals surface area (Å²) in [6.07, 6.45) is 0. The molecule has 6 heteroatoms. The van der Waals surface area contributed by atoms with E-state index >= 15 is 0 Å². The third-order valence-electron chi connectivity index (χ3n) is 18.5. The van der Waals surface area contributed by atoms with Crippen LogP contribution in [0, 0.1) is 27.7 Å². The second-order valence-electron chi connectivity index (χ2n) is 29.5. The number of aryl methyl sites for hydroxylation is 4. The highest BCUT2D eigenvalue weighted by molar-refractivity contribution is 6.13. The number of nitrogens with zero attached hydrogens (tertiary/aromatic N) is 6. The molecule has 0 N–H and O–H groups in total. The number of rotatable bonds is 7. The molecule has 0 saturated carbocycles. The SMILES string of the molecule is Cc1ccc2c(c1)c1cc(C)ccc1n2-c1ccccc1-c1nc(-c2ccccc2-n2c3ccc(C)cc3c3cc(C)ccc32)nc(-n2c3ccc(-c4cc(C(C)(C)C)cc(C(C)(C)C)c4)cc3c3cc(-c4cc(C(C)(C)C)cc(C(C)(C)C)c4)ccc32)n1. The summed E-state index contributed by atoms with van der Waals surface area (Å²) in [7, 11) is 0. The topological polar surface area (TPSA) is 53.5 Å². The summed E-state index contributed by atoms with van der Waals surface area (Å²) >= 11 is 0. The fourth-order valence-electron chi connectivity index (χ4n) is 13.4. The first kappa shape index (κ1) is 57.4. The Labute approximate surface area is 524 Å². The van der Waals surface area contributed by atoms with E-state index in [9.17, 15) is 0 Å². The average molecular weight is 1160 g/mol. The van der Waals surface area contributed by atoms with Crippen LogP contribution in [-0.4, -0.2) is 28.7 Å². The molecular weight excluding hydrogens is 1080 g/mol. The van der Waals surface area contributed by atoms with E-state index in [2.05, 4.69) is 319 Å². The quantitative estimate of drug-likeness (QED) is 0.160. The van der Waals surface area contributed by atoms with E-state index in [1.807, 2.05) is 0 Å². The first-order valence-electron chi connectivity index (χ1n) is 31.7. The van der Waals surface area contributed by atoms with Gasteiger partial charge < -0.3 is 9.13 Å². The summed E-state index contributed by atoms with van der Waals surface area (Å²) < 4.78 is 7.11. The smallest absolute Gasteiger partial charge is 0.238 e. The Bertz CT molecular complexity index is 4720. The first-order valence-corrected chi connectivity index (χ1v) is 31.7. The van der Waals surface area contributed by atoms with Crippen molar-refractivity contribution in [2.24, 2.45) is 0 Å². The first-order chi connectivity index (χ1) is 42.2. The van der Waals surface area contributed by atoms with Crippen LogP contribution in [0.3, 0.4) is 0 Å². The van der Waals surface area contributed by atoms with Gasteiger partial charge in [-0.25, -0.2) is 4.98 Å². The number of fused-ring (bicyclic) bond motifs is 9. The summed E-state index contributed by atoms with van der Waals surface area (Å²) in [6, 6.07) is 73.0. The molecular formula is C83H80N6. The van der Waals surface area contributed by atoms with Crippen LogP contribution >= 0.6 is 0 Å². The van der Waals surface area contributed by atoms with Crippen LogP contribution in [0.2, 0.25) is 0 Å². The fourth-order valence-corrected chi connectivity index (χ4v) is 13.4. The third kappa shape index (κ3) is 10.0. The van der Waals surface area contributed by atoms with Gasteiger partial charge in [0, 0.05) is 43.4 Å². The van der Waals surface area contributed by atoms with Gasteiger partial charge in [-0.2, -0.15) is 9.97 Å². The predicted molar refractivity (Wildman–Crippen MR) is 378 cm³/mol. The number of hydrogen-bond acceptors (Lipinski definition) is 3. The lowest BCUT2D eigenvalue weighted by molar-refractivity contribution is 0.568. The number of aromatic nitrogens is 6. The highest BCUT2D eigenvalue weighted by Gasteiger charge is 2.28. The molecule has 442 valence electrons. The minimum absolute atomic E-state index is 0.0524. The molecule has 0 aliphatic rings. The van der Waals surface area contributed by atoms with Gasteiger partial charge in [0.25, 0.3) is 0 Å².